The van der Waals surface area contributed by atoms with Crippen LogP contribution in [0.3, 0.4) is 0 Å². The monoisotopic (exact) mass is 285 g/mol. The van der Waals surface area contributed by atoms with E-state index >= 15 is 0 Å². The summed E-state index contributed by atoms with van der Waals surface area (Å²) in [7, 11) is 0. The zero-order valence-electron chi connectivity index (χ0n) is 11.8. The molecule has 2 N–H and O–H groups in total. The Morgan fingerprint density at radius 2 is 1.85 bits per heavy atom. The Morgan fingerprint density at radius 1 is 1.20 bits per heavy atom. The number of nitrogens with two attached hydrogens (primary N) is 1. The molecule has 0 heterocycles. The molecule has 0 saturated heterocycles. The molecule has 0 unspecified atom stereocenters. The van der Waals surface area contributed by atoms with Crippen molar-refractivity contribution in [2.24, 2.45) is 11.7 Å². The highest BCUT2D eigenvalue weighted by molar-refractivity contribution is 5.32. The summed E-state index contributed by atoms with van der Waals surface area (Å²) < 4.78 is 38.5. The average Bonchev–Trinajstić information content (AvgIpc) is 3.21. The summed E-state index contributed by atoms with van der Waals surface area (Å²) >= 11 is 0. The Hall–Kier alpha value is -1.03. The number of hydrogen-bond acceptors (Lipinski definition) is 1. The summed E-state index contributed by atoms with van der Waals surface area (Å²) in [6, 6.07) is 4.64. The lowest BCUT2D eigenvalue weighted by Crippen LogP contribution is -2.22. The van der Waals surface area contributed by atoms with Crippen LogP contribution in [0.25, 0.3) is 0 Å². The van der Waals surface area contributed by atoms with Gasteiger partial charge in [-0.2, -0.15) is 13.2 Å². The minimum atomic E-state index is -4.26. The zero-order chi connectivity index (χ0) is 14.8. The quantitative estimate of drug-likeness (QED) is 0.827. The van der Waals surface area contributed by atoms with Crippen molar-refractivity contribution in [2.75, 3.05) is 0 Å². The molecule has 0 bridgehead atoms. The Bertz CT molecular complexity index is 450. The predicted octanol–water partition coefficient (Wildman–Crippen LogP) is 4.33. The van der Waals surface area contributed by atoms with E-state index in [1.165, 1.54) is 25.0 Å². The van der Waals surface area contributed by atoms with Crippen LogP contribution in [0.2, 0.25) is 0 Å². The largest absolute Gasteiger partial charge is 0.416 e. The molecule has 4 heteroatoms. The van der Waals surface area contributed by atoms with Gasteiger partial charge in [-0.25, -0.2) is 0 Å². The standard InChI is InChI=1S/C16H22F3N/c1-2-11-8-12(10-14(9-11)16(17,18)19)4-3-5-15(20)13-6-7-13/h8-10,13,15H,2-7,20H2,1H3/t15-/m1/s1. The highest BCUT2D eigenvalue weighted by atomic mass is 19.4. The number of benzene rings is 1. The lowest BCUT2D eigenvalue weighted by Gasteiger charge is -2.13. The molecule has 1 aromatic rings. The van der Waals surface area contributed by atoms with Gasteiger partial charge in [0.2, 0.25) is 0 Å². The van der Waals surface area contributed by atoms with Crippen LogP contribution in [0.1, 0.15) is 49.3 Å². The second kappa shape index (κ2) is 6.17. The van der Waals surface area contributed by atoms with E-state index < -0.39 is 11.7 Å². The average molecular weight is 285 g/mol. The molecule has 0 spiro atoms. The second-order valence-electron chi connectivity index (χ2n) is 5.78. The van der Waals surface area contributed by atoms with Crippen molar-refractivity contribution < 1.29 is 13.2 Å². The van der Waals surface area contributed by atoms with Crippen LogP contribution < -0.4 is 5.73 Å². The van der Waals surface area contributed by atoms with Crippen LogP contribution in [0.5, 0.6) is 0 Å². The maximum Gasteiger partial charge on any atom is 0.416 e. The molecule has 1 atom stereocenters. The molecule has 0 radical (unpaired) electrons. The first-order chi connectivity index (χ1) is 9.40. The number of aryl methyl sites for hydroxylation is 2. The number of rotatable bonds is 6. The van der Waals surface area contributed by atoms with Gasteiger partial charge in [0.25, 0.3) is 0 Å². The van der Waals surface area contributed by atoms with Gasteiger partial charge in [-0.3, -0.25) is 0 Å². The van der Waals surface area contributed by atoms with E-state index in [-0.39, 0.29) is 6.04 Å². The van der Waals surface area contributed by atoms with E-state index in [9.17, 15) is 13.2 Å². The van der Waals surface area contributed by atoms with Gasteiger partial charge in [0.15, 0.2) is 0 Å². The smallest absolute Gasteiger partial charge is 0.327 e. The van der Waals surface area contributed by atoms with Crippen molar-refractivity contribution >= 4 is 0 Å². The summed E-state index contributed by atoms with van der Waals surface area (Å²) in [5, 5.41) is 0. The summed E-state index contributed by atoms with van der Waals surface area (Å²) in [4.78, 5) is 0. The molecule has 1 aliphatic carbocycles. The maximum absolute atomic E-state index is 12.8. The van der Waals surface area contributed by atoms with E-state index in [0.717, 1.165) is 24.0 Å². The van der Waals surface area contributed by atoms with Gasteiger partial charge in [-0.1, -0.05) is 13.0 Å². The molecule has 0 amide bonds. The highest BCUT2D eigenvalue weighted by Gasteiger charge is 2.31. The first-order valence-corrected chi connectivity index (χ1v) is 7.35. The van der Waals surface area contributed by atoms with E-state index in [0.29, 0.717) is 18.8 Å². The van der Waals surface area contributed by atoms with Crippen molar-refractivity contribution in [3.63, 3.8) is 0 Å². The molecule has 112 valence electrons. The van der Waals surface area contributed by atoms with E-state index in [1.54, 1.807) is 0 Å². The van der Waals surface area contributed by atoms with Crippen molar-refractivity contribution in [3.05, 3.63) is 34.9 Å². The minimum Gasteiger partial charge on any atom is -0.327 e. The molecule has 1 aromatic carbocycles. The summed E-state index contributed by atoms with van der Waals surface area (Å²) in [5.74, 6) is 0.655. The third-order valence-electron chi connectivity index (χ3n) is 4.02. The van der Waals surface area contributed by atoms with Gasteiger partial charge >= 0.3 is 6.18 Å². The summed E-state index contributed by atoms with van der Waals surface area (Å²) in [6.07, 6.45) is 1.24. The summed E-state index contributed by atoms with van der Waals surface area (Å²) in [5.41, 5.74) is 7.02. The van der Waals surface area contributed by atoms with Crippen LogP contribution in [0, 0.1) is 5.92 Å². The van der Waals surface area contributed by atoms with Crippen LogP contribution >= 0.6 is 0 Å². The predicted molar refractivity (Wildman–Crippen MR) is 74.5 cm³/mol. The van der Waals surface area contributed by atoms with E-state index in [4.69, 9.17) is 5.73 Å². The normalized spacial score (nSPS) is 17.2. The highest BCUT2D eigenvalue weighted by Crippen LogP contribution is 2.34. The fourth-order valence-corrected chi connectivity index (χ4v) is 2.58. The van der Waals surface area contributed by atoms with Crippen molar-refractivity contribution in [2.45, 2.75) is 57.7 Å². The molecule has 20 heavy (non-hydrogen) atoms. The van der Waals surface area contributed by atoms with Crippen LogP contribution in [-0.4, -0.2) is 6.04 Å². The first-order valence-electron chi connectivity index (χ1n) is 7.35. The Labute approximate surface area is 118 Å². The number of alkyl halides is 3. The molecular weight excluding hydrogens is 263 g/mol. The molecule has 1 nitrogen and oxygen atoms in total. The van der Waals surface area contributed by atoms with E-state index in [1.807, 2.05) is 13.0 Å². The van der Waals surface area contributed by atoms with Crippen LogP contribution in [0.4, 0.5) is 13.2 Å². The van der Waals surface area contributed by atoms with Crippen LogP contribution in [-0.2, 0) is 19.0 Å². The van der Waals surface area contributed by atoms with Gasteiger partial charge in [-0.05, 0) is 67.7 Å². The van der Waals surface area contributed by atoms with Crippen molar-refractivity contribution in [3.8, 4) is 0 Å². The second-order valence-corrected chi connectivity index (χ2v) is 5.78. The van der Waals surface area contributed by atoms with Gasteiger partial charge in [0.05, 0.1) is 5.56 Å². The first kappa shape index (κ1) is 15.4. The number of hydrogen-bond donors (Lipinski definition) is 1. The SMILES string of the molecule is CCc1cc(CCC[C@@H](N)C2CC2)cc(C(F)(F)F)c1. The minimum absolute atomic E-state index is 0.228. The van der Waals surface area contributed by atoms with Crippen molar-refractivity contribution in [1.29, 1.82) is 0 Å². The fraction of sp³-hybridized carbons (Fsp3) is 0.625. The molecule has 0 aromatic heterocycles. The lowest BCUT2D eigenvalue weighted by atomic mass is 9.98. The Kier molecular flexibility index (Phi) is 4.74. The Balaban J connectivity index is 1.98. The molecule has 1 fully saturated rings. The topological polar surface area (TPSA) is 26.0 Å². The summed E-state index contributed by atoms with van der Waals surface area (Å²) in [6.45, 7) is 1.88. The van der Waals surface area contributed by atoms with Gasteiger partial charge < -0.3 is 5.73 Å². The van der Waals surface area contributed by atoms with Gasteiger partial charge in [0.1, 0.15) is 0 Å². The van der Waals surface area contributed by atoms with Gasteiger partial charge in [-0.15, -0.1) is 0 Å². The Morgan fingerprint density at radius 3 is 2.40 bits per heavy atom. The fourth-order valence-electron chi connectivity index (χ4n) is 2.58. The lowest BCUT2D eigenvalue weighted by molar-refractivity contribution is -0.137. The van der Waals surface area contributed by atoms with Crippen molar-refractivity contribution in [1.82, 2.24) is 0 Å². The molecular formula is C16H22F3N. The molecule has 1 aliphatic rings. The molecule has 1 saturated carbocycles. The molecule has 2 rings (SSSR count). The third-order valence-corrected chi connectivity index (χ3v) is 4.02. The zero-order valence-corrected chi connectivity index (χ0v) is 11.8. The maximum atomic E-state index is 12.8. The van der Waals surface area contributed by atoms with Gasteiger partial charge in [0, 0.05) is 6.04 Å². The van der Waals surface area contributed by atoms with Crippen LogP contribution in [0.15, 0.2) is 18.2 Å². The van der Waals surface area contributed by atoms with E-state index in [2.05, 4.69) is 0 Å². The number of halogens is 3. The third kappa shape index (κ3) is 4.23. The molecule has 0 aliphatic heterocycles.